The van der Waals surface area contributed by atoms with Gasteiger partial charge in [0.15, 0.2) is 0 Å². The summed E-state index contributed by atoms with van der Waals surface area (Å²) in [7, 11) is 0. The number of aromatic nitrogens is 1. The van der Waals surface area contributed by atoms with E-state index >= 15 is 0 Å². The van der Waals surface area contributed by atoms with Crippen molar-refractivity contribution < 1.29 is 4.74 Å². The van der Waals surface area contributed by atoms with E-state index in [4.69, 9.17) is 4.74 Å². The number of nitrogens with one attached hydrogen (secondary N) is 1. The maximum absolute atomic E-state index is 5.49. The lowest BCUT2D eigenvalue weighted by atomic mass is 9.85. The SMILES string of the molecule is CCOc1cncc(N2CC[C@@H]3CN[C@@H]3C2)c1. The average Bonchev–Trinajstić information content (AvgIpc) is 2.32. The van der Waals surface area contributed by atoms with Gasteiger partial charge in [-0.25, -0.2) is 0 Å². The Labute approximate surface area is 102 Å². The molecule has 0 unspecified atom stereocenters. The zero-order valence-corrected chi connectivity index (χ0v) is 10.2. The molecule has 17 heavy (non-hydrogen) atoms. The number of piperidine rings is 1. The van der Waals surface area contributed by atoms with Gasteiger partial charge in [-0.2, -0.15) is 0 Å². The first-order chi connectivity index (χ1) is 8.36. The highest BCUT2D eigenvalue weighted by Crippen LogP contribution is 2.28. The first kappa shape index (κ1) is 10.8. The Morgan fingerprint density at radius 2 is 2.47 bits per heavy atom. The monoisotopic (exact) mass is 233 g/mol. The highest BCUT2D eigenvalue weighted by atomic mass is 16.5. The number of hydrogen-bond acceptors (Lipinski definition) is 4. The van der Waals surface area contributed by atoms with Gasteiger partial charge in [0.05, 0.1) is 24.7 Å². The fraction of sp³-hybridized carbons (Fsp3) is 0.615. The van der Waals surface area contributed by atoms with E-state index in [0.717, 1.165) is 24.8 Å². The Kier molecular flexibility index (Phi) is 2.89. The Hall–Kier alpha value is -1.29. The van der Waals surface area contributed by atoms with Gasteiger partial charge in [-0.1, -0.05) is 0 Å². The molecular weight excluding hydrogens is 214 g/mol. The van der Waals surface area contributed by atoms with Crippen LogP contribution in [-0.2, 0) is 0 Å². The molecule has 3 heterocycles. The van der Waals surface area contributed by atoms with Crippen molar-refractivity contribution >= 4 is 5.69 Å². The van der Waals surface area contributed by atoms with Crippen LogP contribution in [0.2, 0.25) is 0 Å². The summed E-state index contributed by atoms with van der Waals surface area (Å²) in [6, 6.07) is 2.77. The second-order valence-electron chi connectivity index (χ2n) is 4.82. The van der Waals surface area contributed by atoms with Crippen molar-refractivity contribution in [2.24, 2.45) is 5.92 Å². The minimum Gasteiger partial charge on any atom is -0.492 e. The van der Waals surface area contributed by atoms with Crippen molar-refractivity contribution in [2.75, 3.05) is 31.1 Å². The van der Waals surface area contributed by atoms with Crippen LogP contribution in [-0.4, -0.2) is 37.3 Å². The highest BCUT2D eigenvalue weighted by molar-refractivity contribution is 5.49. The highest BCUT2D eigenvalue weighted by Gasteiger charge is 2.35. The molecule has 2 fully saturated rings. The van der Waals surface area contributed by atoms with Gasteiger partial charge < -0.3 is 15.0 Å². The lowest BCUT2D eigenvalue weighted by molar-refractivity contribution is 0.197. The number of anilines is 1. The number of rotatable bonds is 3. The lowest BCUT2D eigenvalue weighted by Crippen LogP contribution is -2.62. The van der Waals surface area contributed by atoms with Crippen LogP contribution in [0.15, 0.2) is 18.5 Å². The van der Waals surface area contributed by atoms with E-state index in [-0.39, 0.29) is 0 Å². The summed E-state index contributed by atoms with van der Waals surface area (Å²) in [4.78, 5) is 6.66. The predicted octanol–water partition coefficient (Wildman–Crippen LogP) is 1.28. The first-order valence-corrected chi connectivity index (χ1v) is 6.43. The molecule has 0 bridgehead atoms. The molecule has 1 aromatic heterocycles. The van der Waals surface area contributed by atoms with E-state index < -0.39 is 0 Å². The molecule has 0 aromatic carbocycles. The number of hydrogen-bond donors (Lipinski definition) is 1. The van der Waals surface area contributed by atoms with Crippen molar-refractivity contribution in [1.29, 1.82) is 0 Å². The van der Waals surface area contributed by atoms with E-state index in [1.807, 2.05) is 13.1 Å². The van der Waals surface area contributed by atoms with Crippen molar-refractivity contribution in [2.45, 2.75) is 19.4 Å². The zero-order valence-electron chi connectivity index (χ0n) is 10.2. The van der Waals surface area contributed by atoms with E-state index in [0.29, 0.717) is 12.6 Å². The van der Waals surface area contributed by atoms with Crippen molar-refractivity contribution in [3.63, 3.8) is 0 Å². The standard InChI is InChI=1S/C13H19N3O/c1-2-17-12-5-11(7-14-8-12)16-4-3-10-6-15-13(10)9-16/h5,7-8,10,13,15H,2-4,6,9H2,1H3/t10-,13-/m1/s1. The van der Waals surface area contributed by atoms with Crippen LogP contribution in [0.1, 0.15) is 13.3 Å². The summed E-state index contributed by atoms with van der Waals surface area (Å²) < 4.78 is 5.49. The molecule has 3 rings (SSSR count). The van der Waals surface area contributed by atoms with Gasteiger partial charge in [-0.3, -0.25) is 4.98 Å². The molecule has 0 amide bonds. The number of ether oxygens (including phenoxy) is 1. The van der Waals surface area contributed by atoms with E-state index in [9.17, 15) is 0 Å². The topological polar surface area (TPSA) is 37.4 Å². The van der Waals surface area contributed by atoms with Crippen molar-refractivity contribution in [1.82, 2.24) is 10.3 Å². The minimum atomic E-state index is 0.680. The summed E-state index contributed by atoms with van der Waals surface area (Å²) in [5.41, 5.74) is 1.18. The largest absolute Gasteiger partial charge is 0.492 e. The van der Waals surface area contributed by atoms with E-state index in [1.165, 1.54) is 18.7 Å². The Morgan fingerprint density at radius 1 is 1.53 bits per heavy atom. The molecule has 92 valence electrons. The number of pyridine rings is 1. The minimum absolute atomic E-state index is 0.680. The fourth-order valence-electron chi connectivity index (χ4n) is 2.68. The lowest BCUT2D eigenvalue weighted by Gasteiger charge is -2.47. The molecular formula is C13H19N3O. The van der Waals surface area contributed by atoms with Crippen molar-refractivity contribution in [3.05, 3.63) is 18.5 Å². The second kappa shape index (κ2) is 4.53. The molecule has 4 nitrogen and oxygen atoms in total. The third-order valence-corrected chi connectivity index (χ3v) is 3.77. The first-order valence-electron chi connectivity index (χ1n) is 6.43. The number of fused-ring (bicyclic) bond motifs is 1. The molecule has 0 spiro atoms. The van der Waals surface area contributed by atoms with Crippen LogP contribution in [0.25, 0.3) is 0 Å². The van der Waals surface area contributed by atoms with Gasteiger partial charge in [0, 0.05) is 25.2 Å². The van der Waals surface area contributed by atoms with Crippen molar-refractivity contribution in [3.8, 4) is 5.75 Å². The van der Waals surface area contributed by atoms with Crippen LogP contribution in [0.5, 0.6) is 5.75 Å². The van der Waals surface area contributed by atoms with Gasteiger partial charge in [-0.05, 0) is 25.8 Å². The zero-order chi connectivity index (χ0) is 11.7. The summed E-state index contributed by atoms with van der Waals surface area (Å²) >= 11 is 0. The van der Waals surface area contributed by atoms with Gasteiger partial charge in [0.2, 0.25) is 0 Å². The summed E-state index contributed by atoms with van der Waals surface area (Å²) in [5.74, 6) is 1.77. The van der Waals surface area contributed by atoms with E-state index in [1.54, 1.807) is 6.20 Å². The molecule has 1 N–H and O–H groups in total. The molecule has 2 aliphatic heterocycles. The summed E-state index contributed by atoms with van der Waals surface area (Å²) in [5, 5.41) is 3.49. The predicted molar refractivity (Wildman–Crippen MR) is 67.5 cm³/mol. The summed E-state index contributed by atoms with van der Waals surface area (Å²) in [6.07, 6.45) is 5.00. The molecule has 2 aliphatic rings. The van der Waals surface area contributed by atoms with E-state index in [2.05, 4.69) is 21.3 Å². The second-order valence-corrected chi connectivity index (χ2v) is 4.82. The molecule has 0 saturated carbocycles. The summed E-state index contributed by atoms with van der Waals surface area (Å²) in [6.45, 7) is 6.13. The van der Waals surface area contributed by atoms with Gasteiger partial charge in [0.1, 0.15) is 5.75 Å². The normalized spacial score (nSPS) is 27.2. The fourth-order valence-corrected chi connectivity index (χ4v) is 2.68. The van der Waals surface area contributed by atoms with Crippen LogP contribution in [0.3, 0.4) is 0 Å². The van der Waals surface area contributed by atoms with Crippen LogP contribution in [0.4, 0.5) is 5.69 Å². The van der Waals surface area contributed by atoms with Gasteiger partial charge in [-0.15, -0.1) is 0 Å². The third-order valence-electron chi connectivity index (χ3n) is 3.77. The average molecular weight is 233 g/mol. The molecule has 1 aromatic rings. The van der Waals surface area contributed by atoms with Gasteiger partial charge in [0.25, 0.3) is 0 Å². The smallest absolute Gasteiger partial charge is 0.139 e. The molecule has 4 heteroatoms. The van der Waals surface area contributed by atoms with Gasteiger partial charge >= 0.3 is 0 Å². The molecule has 0 radical (unpaired) electrons. The molecule has 2 saturated heterocycles. The van der Waals surface area contributed by atoms with Crippen LogP contribution in [0, 0.1) is 5.92 Å². The maximum Gasteiger partial charge on any atom is 0.139 e. The quantitative estimate of drug-likeness (QED) is 0.853. The Morgan fingerprint density at radius 3 is 3.18 bits per heavy atom. The number of nitrogens with zero attached hydrogens (tertiary/aromatic N) is 2. The maximum atomic E-state index is 5.49. The van der Waals surface area contributed by atoms with Crippen LogP contribution >= 0.6 is 0 Å². The van der Waals surface area contributed by atoms with Crippen LogP contribution < -0.4 is 15.0 Å². The Bertz CT molecular complexity index is 396. The third kappa shape index (κ3) is 2.09. The molecule has 2 atom stereocenters. The molecule has 0 aliphatic carbocycles. The Balaban J connectivity index is 1.72.